The van der Waals surface area contributed by atoms with Gasteiger partial charge in [-0.25, -0.2) is 9.97 Å². The Morgan fingerprint density at radius 2 is 2.29 bits per heavy atom. The third kappa shape index (κ3) is 1.71. The standard InChI is InChI=1S/C7H7N7/c8-7(14-5-10-4-12-14)13-6-3-9-1-2-11-6/h1-5H,(H2,8,11,13). The molecule has 2 heterocycles. The van der Waals surface area contributed by atoms with E-state index in [1.54, 1.807) is 6.20 Å². The van der Waals surface area contributed by atoms with E-state index in [0.29, 0.717) is 5.82 Å². The lowest BCUT2D eigenvalue weighted by Crippen LogP contribution is -2.22. The summed E-state index contributed by atoms with van der Waals surface area (Å²) in [5.41, 5.74) is 5.61. The third-order valence-corrected chi connectivity index (χ3v) is 1.43. The van der Waals surface area contributed by atoms with Crippen LogP contribution in [0.15, 0.2) is 36.2 Å². The van der Waals surface area contributed by atoms with Crippen LogP contribution in [0.2, 0.25) is 0 Å². The molecule has 0 fully saturated rings. The minimum Gasteiger partial charge on any atom is -0.368 e. The maximum atomic E-state index is 5.61. The normalized spacial score (nSPS) is 11.6. The van der Waals surface area contributed by atoms with Crippen molar-refractivity contribution >= 4 is 11.8 Å². The first kappa shape index (κ1) is 8.30. The van der Waals surface area contributed by atoms with E-state index >= 15 is 0 Å². The van der Waals surface area contributed by atoms with Crippen molar-refractivity contribution in [2.45, 2.75) is 0 Å². The molecule has 14 heavy (non-hydrogen) atoms. The molecule has 0 aliphatic rings. The minimum absolute atomic E-state index is 0.197. The molecule has 7 nitrogen and oxygen atoms in total. The zero-order valence-electron chi connectivity index (χ0n) is 7.15. The summed E-state index contributed by atoms with van der Waals surface area (Å²) in [5.74, 6) is 0.628. The van der Waals surface area contributed by atoms with Gasteiger partial charge >= 0.3 is 0 Å². The van der Waals surface area contributed by atoms with Gasteiger partial charge in [-0.05, 0) is 0 Å². The highest BCUT2D eigenvalue weighted by molar-refractivity contribution is 5.81. The molecule has 2 N–H and O–H groups in total. The summed E-state index contributed by atoms with van der Waals surface area (Å²) in [4.78, 5) is 15.5. The molecular weight excluding hydrogens is 182 g/mol. The van der Waals surface area contributed by atoms with E-state index in [9.17, 15) is 0 Å². The topological polar surface area (TPSA) is 94.9 Å². The number of hydrogen-bond acceptors (Lipinski definition) is 5. The largest absolute Gasteiger partial charge is 0.368 e. The first-order chi connectivity index (χ1) is 6.86. The molecule has 2 aromatic rings. The van der Waals surface area contributed by atoms with Crippen molar-refractivity contribution < 1.29 is 0 Å². The molecule has 70 valence electrons. The summed E-state index contributed by atoms with van der Waals surface area (Å²) in [6.45, 7) is 0. The predicted octanol–water partition coefficient (Wildman–Crippen LogP) is -0.437. The van der Waals surface area contributed by atoms with Crippen LogP contribution in [0.3, 0.4) is 0 Å². The second kappa shape index (κ2) is 3.60. The Balaban J connectivity index is 2.28. The summed E-state index contributed by atoms with van der Waals surface area (Å²) in [7, 11) is 0. The Bertz CT molecular complexity index is 419. The highest BCUT2D eigenvalue weighted by Crippen LogP contribution is 2.01. The van der Waals surface area contributed by atoms with E-state index in [4.69, 9.17) is 5.73 Å². The van der Waals surface area contributed by atoms with Crippen molar-refractivity contribution in [3.05, 3.63) is 31.2 Å². The number of aromatic nitrogens is 5. The van der Waals surface area contributed by atoms with Crippen LogP contribution in [0.5, 0.6) is 0 Å². The van der Waals surface area contributed by atoms with Gasteiger partial charge in [0.25, 0.3) is 0 Å². The molecule has 0 amide bonds. The summed E-state index contributed by atoms with van der Waals surface area (Å²) in [5, 5.41) is 3.81. The third-order valence-electron chi connectivity index (χ3n) is 1.43. The van der Waals surface area contributed by atoms with Crippen LogP contribution in [0, 0.1) is 0 Å². The van der Waals surface area contributed by atoms with Crippen LogP contribution in [0.4, 0.5) is 5.82 Å². The molecule has 0 saturated heterocycles. The molecule has 0 unspecified atom stereocenters. The van der Waals surface area contributed by atoms with Gasteiger partial charge in [-0.2, -0.15) is 14.8 Å². The Kier molecular flexibility index (Phi) is 2.14. The van der Waals surface area contributed by atoms with Crippen LogP contribution in [-0.4, -0.2) is 30.7 Å². The van der Waals surface area contributed by atoms with E-state index in [1.807, 2.05) is 0 Å². The number of nitrogens with two attached hydrogens (primary N) is 1. The lowest BCUT2D eigenvalue weighted by Gasteiger charge is -1.97. The lowest BCUT2D eigenvalue weighted by molar-refractivity contribution is 0.916. The minimum atomic E-state index is 0.197. The number of nitrogens with zero attached hydrogens (tertiary/aromatic N) is 6. The molecule has 2 aromatic heterocycles. The molecule has 0 radical (unpaired) electrons. The van der Waals surface area contributed by atoms with Gasteiger partial charge in [-0.15, -0.1) is 0 Å². The average Bonchev–Trinajstić information content (AvgIpc) is 2.72. The van der Waals surface area contributed by atoms with Gasteiger partial charge in [0.05, 0.1) is 6.20 Å². The highest BCUT2D eigenvalue weighted by Gasteiger charge is 1.97. The molecule has 2 rings (SSSR count). The Hall–Kier alpha value is -2.31. The van der Waals surface area contributed by atoms with Crippen LogP contribution < -0.4 is 5.73 Å². The molecule has 0 bridgehead atoms. The summed E-state index contributed by atoms with van der Waals surface area (Å²) in [6, 6.07) is 0. The lowest BCUT2D eigenvalue weighted by atomic mass is 10.7. The van der Waals surface area contributed by atoms with E-state index in [-0.39, 0.29) is 5.96 Å². The van der Waals surface area contributed by atoms with Crippen molar-refractivity contribution in [1.29, 1.82) is 0 Å². The fourth-order valence-electron chi connectivity index (χ4n) is 0.844. The highest BCUT2D eigenvalue weighted by atomic mass is 15.4. The molecule has 0 saturated carbocycles. The van der Waals surface area contributed by atoms with Gasteiger partial charge in [0.15, 0.2) is 5.82 Å². The van der Waals surface area contributed by atoms with Crippen LogP contribution >= 0.6 is 0 Å². The first-order valence-electron chi connectivity index (χ1n) is 3.81. The van der Waals surface area contributed by atoms with E-state index in [0.717, 1.165) is 0 Å². The number of hydrogen-bond donors (Lipinski definition) is 1. The van der Waals surface area contributed by atoms with E-state index in [2.05, 4.69) is 25.0 Å². The predicted molar refractivity (Wildman–Crippen MR) is 48.7 cm³/mol. The monoisotopic (exact) mass is 189 g/mol. The van der Waals surface area contributed by atoms with Crippen LogP contribution in [0.1, 0.15) is 0 Å². The van der Waals surface area contributed by atoms with Crippen molar-refractivity contribution in [3.63, 3.8) is 0 Å². The van der Waals surface area contributed by atoms with Crippen molar-refractivity contribution in [1.82, 2.24) is 24.7 Å². The maximum absolute atomic E-state index is 5.61. The zero-order chi connectivity index (χ0) is 9.80. The fraction of sp³-hybridized carbons (Fsp3) is 0. The number of aliphatic imine (C=N–C) groups is 1. The molecule has 0 aromatic carbocycles. The first-order valence-corrected chi connectivity index (χ1v) is 3.81. The van der Waals surface area contributed by atoms with Gasteiger partial charge in [0.1, 0.15) is 12.7 Å². The SMILES string of the molecule is NC(=Nc1cnccn1)n1cncn1. The van der Waals surface area contributed by atoms with Crippen LogP contribution in [-0.2, 0) is 0 Å². The van der Waals surface area contributed by atoms with Gasteiger partial charge in [-0.1, -0.05) is 0 Å². The molecule has 0 aliphatic carbocycles. The quantitative estimate of drug-likeness (QED) is 0.484. The smallest absolute Gasteiger partial charge is 0.224 e. The molecule has 0 spiro atoms. The van der Waals surface area contributed by atoms with Gasteiger partial charge in [0.2, 0.25) is 5.96 Å². The van der Waals surface area contributed by atoms with Gasteiger partial charge in [0, 0.05) is 12.4 Å². The number of rotatable bonds is 1. The second-order valence-corrected chi connectivity index (χ2v) is 2.37. The van der Waals surface area contributed by atoms with Crippen LogP contribution in [0.25, 0.3) is 0 Å². The Morgan fingerprint density at radius 1 is 1.36 bits per heavy atom. The van der Waals surface area contributed by atoms with Crippen molar-refractivity contribution in [2.24, 2.45) is 10.7 Å². The van der Waals surface area contributed by atoms with Gasteiger partial charge < -0.3 is 5.73 Å². The molecule has 7 heteroatoms. The summed E-state index contributed by atoms with van der Waals surface area (Å²) < 4.78 is 1.34. The van der Waals surface area contributed by atoms with E-state index < -0.39 is 0 Å². The summed E-state index contributed by atoms with van der Waals surface area (Å²) >= 11 is 0. The van der Waals surface area contributed by atoms with Crippen molar-refractivity contribution in [3.8, 4) is 0 Å². The zero-order valence-corrected chi connectivity index (χ0v) is 7.15. The van der Waals surface area contributed by atoms with Crippen molar-refractivity contribution in [2.75, 3.05) is 0 Å². The Morgan fingerprint density at radius 3 is 2.93 bits per heavy atom. The molecule has 0 atom stereocenters. The fourth-order valence-corrected chi connectivity index (χ4v) is 0.844. The molecular formula is C7H7N7. The summed E-state index contributed by atoms with van der Waals surface area (Å²) in [6.07, 6.45) is 7.43. The van der Waals surface area contributed by atoms with Gasteiger partial charge in [-0.3, -0.25) is 4.98 Å². The second-order valence-electron chi connectivity index (χ2n) is 2.37. The Labute approximate surface area is 79.4 Å². The maximum Gasteiger partial charge on any atom is 0.224 e. The molecule has 0 aliphatic heterocycles. The average molecular weight is 189 g/mol. The van der Waals surface area contributed by atoms with E-state index in [1.165, 1.54) is 29.7 Å².